The second kappa shape index (κ2) is 6.95. The summed E-state index contributed by atoms with van der Waals surface area (Å²) in [7, 11) is 3.10. The zero-order chi connectivity index (χ0) is 18.0. The SMILES string of the molecule is COc1cc(OC)c(/C=C(/C#N)c2nc3ccc(F)cc3[nH]2)cc1Br. The number of halogens is 2. The largest absolute Gasteiger partial charge is 0.496 e. The number of imidazole rings is 1. The molecule has 0 saturated heterocycles. The highest BCUT2D eigenvalue weighted by molar-refractivity contribution is 9.10. The molecule has 0 fully saturated rings. The molecule has 1 N–H and O–H groups in total. The first-order valence-electron chi connectivity index (χ1n) is 7.24. The van der Waals surface area contributed by atoms with Crippen molar-refractivity contribution in [2.45, 2.75) is 0 Å². The van der Waals surface area contributed by atoms with Crippen molar-refractivity contribution in [3.63, 3.8) is 0 Å². The molecule has 0 aliphatic heterocycles. The Bertz CT molecular complexity index is 1020. The highest BCUT2D eigenvalue weighted by Crippen LogP contribution is 2.34. The Labute approximate surface area is 151 Å². The average molecular weight is 402 g/mol. The monoisotopic (exact) mass is 401 g/mol. The highest BCUT2D eigenvalue weighted by atomic mass is 79.9. The van der Waals surface area contributed by atoms with E-state index in [1.54, 1.807) is 31.4 Å². The molecule has 3 aromatic rings. The predicted molar refractivity (Wildman–Crippen MR) is 96.8 cm³/mol. The van der Waals surface area contributed by atoms with Gasteiger partial charge >= 0.3 is 0 Å². The number of aromatic amines is 1. The molecule has 7 heteroatoms. The number of aromatic nitrogens is 2. The third kappa shape index (κ3) is 3.35. The van der Waals surface area contributed by atoms with Crippen LogP contribution in [-0.2, 0) is 0 Å². The van der Waals surface area contributed by atoms with E-state index in [1.165, 1.54) is 19.2 Å². The lowest BCUT2D eigenvalue weighted by Crippen LogP contribution is -1.92. The Morgan fingerprint density at radius 2 is 2.00 bits per heavy atom. The van der Waals surface area contributed by atoms with E-state index in [9.17, 15) is 9.65 Å². The molecular weight excluding hydrogens is 389 g/mol. The molecule has 1 aromatic heterocycles. The van der Waals surface area contributed by atoms with Crippen molar-refractivity contribution in [3.8, 4) is 17.6 Å². The fourth-order valence-corrected chi connectivity index (χ4v) is 2.94. The van der Waals surface area contributed by atoms with Gasteiger partial charge in [-0.3, -0.25) is 0 Å². The van der Waals surface area contributed by atoms with Gasteiger partial charge in [0, 0.05) is 11.6 Å². The molecule has 0 radical (unpaired) electrons. The van der Waals surface area contributed by atoms with Gasteiger partial charge in [-0.1, -0.05) is 0 Å². The maximum absolute atomic E-state index is 13.3. The van der Waals surface area contributed by atoms with Crippen molar-refractivity contribution < 1.29 is 13.9 Å². The first-order valence-corrected chi connectivity index (χ1v) is 8.04. The van der Waals surface area contributed by atoms with Gasteiger partial charge < -0.3 is 14.5 Å². The second-order valence-corrected chi connectivity index (χ2v) is 6.00. The molecule has 0 saturated carbocycles. The van der Waals surface area contributed by atoms with Gasteiger partial charge in [0.2, 0.25) is 0 Å². The molecule has 0 spiro atoms. The van der Waals surface area contributed by atoms with Crippen LogP contribution in [0.25, 0.3) is 22.7 Å². The van der Waals surface area contributed by atoms with Crippen LogP contribution in [0.3, 0.4) is 0 Å². The van der Waals surface area contributed by atoms with Crippen molar-refractivity contribution in [2.24, 2.45) is 0 Å². The Morgan fingerprint density at radius 3 is 2.68 bits per heavy atom. The molecule has 25 heavy (non-hydrogen) atoms. The van der Waals surface area contributed by atoms with Gasteiger partial charge in [-0.15, -0.1) is 0 Å². The Balaban J connectivity index is 2.11. The number of nitrogens with zero attached hydrogens (tertiary/aromatic N) is 2. The van der Waals surface area contributed by atoms with Gasteiger partial charge in [0.1, 0.15) is 29.2 Å². The minimum Gasteiger partial charge on any atom is -0.496 e. The van der Waals surface area contributed by atoms with Crippen LogP contribution in [0.15, 0.2) is 34.8 Å². The molecule has 0 atom stereocenters. The molecule has 0 aliphatic rings. The summed E-state index contributed by atoms with van der Waals surface area (Å²) in [4.78, 5) is 7.31. The smallest absolute Gasteiger partial charge is 0.149 e. The van der Waals surface area contributed by atoms with Crippen LogP contribution >= 0.6 is 15.9 Å². The number of hydrogen-bond donors (Lipinski definition) is 1. The van der Waals surface area contributed by atoms with Crippen molar-refractivity contribution in [1.82, 2.24) is 9.97 Å². The van der Waals surface area contributed by atoms with E-state index in [4.69, 9.17) is 9.47 Å². The van der Waals surface area contributed by atoms with Crippen molar-refractivity contribution in [1.29, 1.82) is 5.26 Å². The number of rotatable bonds is 4. The van der Waals surface area contributed by atoms with E-state index in [1.807, 2.05) is 0 Å². The van der Waals surface area contributed by atoms with Crippen molar-refractivity contribution in [2.75, 3.05) is 14.2 Å². The molecule has 0 unspecified atom stereocenters. The number of hydrogen-bond acceptors (Lipinski definition) is 4. The summed E-state index contributed by atoms with van der Waals surface area (Å²) in [6.07, 6.45) is 1.65. The molecule has 0 aliphatic carbocycles. The molecule has 2 aromatic carbocycles. The molecule has 0 amide bonds. The summed E-state index contributed by atoms with van der Waals surface area (Å²) in [5.41, 5.74) is 2.09. The van der Waals surface area contributed by atoms with E-state index in [0.29, 0.717) is 39.5 Å². The van der Waals surface area contributed by atoms with Crippen LogP contribution in [0.2, 0.25) is 0 Å². The number of methoxy groups -OCH3 is 2. The van der Waals surface area contributed by atoms with E-state index >= 15 is 0 Å². The number of nitrogens with one attached hydrogen (secondary N) is 1. The summed E-state index contributed by atoms with van der Waals surface area (Å²) >= 11 is 3.42. The third-order valence-corrected chi connectivity index (χ3v) is 4.24. The minimum absolute atomic E-state index is 0.298. The molecule has 3 rings (SSSR count). The zero-order valence-corrected chi connectivity index (χ0v) is 15.0. The van der Waals surface area contributed by atoms with Crippen LogP contribution < -0.4 is 9.47 Å². The van der Waals surface area contributed by atoms with Gasteiger partial charge in [-0.05, 0) is 46.3 Å². The fourth-order valence-electron chi connectivity index (χ4n) is 2.41. The summed E-state index contributed by atoms with van der Waals surface area (Å²) in [6.45, 7) is 0. The Morgan fingerprint density at radius 1 is 1.24 bits per heavy atom. The summed E-state index contributed by atoms with van der Waals surface area (Å²) in [5.74, 6) is 1.16. The van der Waals surface area contributed by atoms with Crippen LogP contribution in [0.1, 0.15) is 11.4 Å². The standard InChI is InChI=1S/C18H13BrFN3O2/c1-24-16-8-17(25-2)13(19)6-10(16)5-11(9-21)18-22-14-4-3-12(20)7-15(14)23-18/h3-8H,1-2H3,(H,22,23)/b11-5-. The second-order valence-electron chi connectivity index (χ2n) is 5.15. The van der Waals surface area contributed by atoms with Crippen LogP contribution in [0, 0.1) is 17.1 Å². The maximum atomic E-state index is 13.3. The number of nitriles is 1. The lowest BCUT2D eigenvalue weighted by Gasteiger charge is -2.10. The van der Waals surface area contributed by atoms with Gasteiger partial charge in [-0.25, -0.2) is 9.37 Å². The Kier molecular flexibility index (Phi) is 4.72. The highest BCUT2D eigenvalue weighted by Gasteiger charge is 2.12. The topological polar surface area (TPSA) is 70.9 Å². The number of allylic oxidation sites excluding steroid dienone is 1. The molecular formula is C18H13BrFN3O2. The average Bonchev–Trinajstić information content (AvgIpc) is 3.02. The predicted octanol–water partition coefficient (Wildman–Crippen LogP) is 4.55. The quantitative estimate of drug-likeness (QED) is 0.651. The minimum atomic E-state index is -0.369. The molecule has 0 bridgehead atoms. The molecule has 5 nitrogen and oxygen atoms in total. The van der Waals surface area contributed by atoms with Crippen LogP contribution in [0.4, 0.5) is 4.39 Å². The summed E-state index contributed by atoms with van der Waals surface area (Å²) < 4.78 is 24.7. The van der Waals surface area contributed by atoms with E-state index in [-0.39, 0.29) is 5.82 Å². The third-order valence-electron chi connectivity index (χ3n) is 3.62. The number of ether oxygens (including phenoxy) is 2. The lowest BCUT2D eigenvalue weighted by molar-refractivity contribution is 0.392. The van der Waals surface area contributed by atoms with E-state index in [0.717, 1.165) is 4.47 Å². The van der Waals surface area contributed by atoms with Gasteiger partial charge in [0.15, 0.2) is 0 Å². The van der Waals surface area contributed by atoms with Crippen molar-refractivity contribution >= 4 is 38.6 Å². The number of H-pyrrole nitrogens is 1. The first kappa shape index (κ1) is 17.0. The van der Waals surface area contributed by atoms with Gasteiger partial charge in [0.05, 0.1) is 35.3 Å². The normalized spacial score (nSPS) is 11.4. The lowest BCUT2D eigenvalue weighted by atomic mass is 10.1. The van der Waals surface area contributed by atoms with Crippen LogP contribution in [0.5, 0.6) is 11.5 Å². The maximum Gasteiger partial charge on any atom is 0.149 e. The van der Waals surface area contributed by atoms with Gasteiger partial charge in [-0.2, -0.15) is 5.26 Å². The van der Waals surface area contributed by atoms with E-state index in [2.05, 4.69) is 32.0 Å². The summed E-state index contributed by atoms with van der Waals surface area (Å²) in [5, 5.41) is 9.52. The van der Waals surface area contributed by atoms with Gasteiger partial charge in [0.25, 0.3) is 0 Å². The first-order chi connectivity index (χ1) is 12.0. The van der Waals surface area contributed by atoms with Crippen molar-refractivity contribution in [3.05, 3.63) is 52.0 Å². The Hall–Kier alpha value is -2.85. The number of fused-ring (bicyclic) bond motifs is 1. The molecule has 1 heterocycles. The fraction of sp³-hybridized carbons (Fsp3) is 0.111. The van der Waals surface area contributed by atoms with Crippen LogP contribution in [-0.4, -0.2) is 24.2 Å². The number of benzene rings is 2. The zero-order valence-electron chi connectivity index (χ0n) is 13.4. The molecule has 126 valence electrons. The summed E-state index contributed by atoms with van der Waals surface area (Å²) in [6, 6.07) is 9.85. The van der Waals surface area contributed by atoms with E-state index < -0.39 is 0 Å².